The van der Waals surface area contributed by atoms with Crippen LogP contribution in [0.15, 0.2) is 158 Å². The third-order valence-corrected chi connectivity index (χ3v) is 9.86. The fourth-order valence-corrected chi connectivity index (χ4v) is 7.61. The van der Waals surface area contributed by atoms with E-state index in [-0.39, 0.29) is 0 Å². The number of ether oxygens (including phenoxy) is 1. The van der Waals surface area contributed by atoms with E-state index in [1.807, 2.05) is 42.5 Å². The molecule has 0 N–H and O–H groups in total. The van der Waals surface area contributed by atoms with Gasteiger partial charge in [0.25, 0.3) is 0 Å². The molecule has 0 aliphatic carbocycles. The SMILES string of the molecule is c1ccc(-c2ccc3c4nccnc4c4ccc(N5c6ccccc6Oc6cc(-n7c8ccccc8c8ccccc87)ccc65)nc4c3n2)cc1. The highest BCUT2D eigenvalue weighted by Gasteiger charge is 2.28. The minimum atomic E-state index is 0.744. The van der Waals surface area contributed by atoms with Crippen molar-refractivity contribution in [1.29, 1.82) is 0 Å². The molecule has 0 radical (unpaired) electrons. The van der Waals surface area contributed by atoms with Crippen LogP contribution in [0.25, 0.3) is 71.6 Å². The van der Waals surface area contributed by atoms with Crippen molar-refractivity contribution in [2.75, 3.05) is 4.90 Å². The summed E-state index contributed by atoms with van der Waals surface area (Å²) in [5, 5.41) is 4.24. The summed E-state index contributed by atoms with van der Waals surface area (Å²) in [7, 11) is 0. The Labute approximate surface area is 291 Å². The molecule has 0 saturated carbocycles. The molecule has 7 nitrogen and oxygen atoms in total. The smallest absolute Gasteiger partial charge is 0.153 e. The number of anilines is 3. The fraction of sp³-hybridized carbons (Fsp3) is 0. The summed E-state index contributed by atoms with van der Waals surface area (Å²) in [6, 6.07) is 50.1. The second kappa shape index (κ2) is 10.7. The molecule has 0 bridgehead atoms. The predicted molar refractivity (Wildman–Crippen MR) is 205 cm³/mol. The van der Waals surface area contributed by atoms with E-state index in [1.54, 1.807) is 12.4 Å². The zero-order valence-corrected chi connectivity index (χ0v) is 27.1. The zero-order valence-electron chi connectivity index (χ0n) is 27.1. The average Bonchev–Trinajstić information content (AvgIpc) is 3.54. The minimum Gasteiger partial charge on any atom is -0.453 e. The first-order chi connectivity index (χ1) is 25.3. The Morgan fingerprint density at radius 1 is 0.451 bits per heavy atom. The van der Waals surface area contributed by atoms with E-state index in [0.29, 0.717) is 0 Å². The van der Waals surface area contributed by atoms with Crippen molar-refractivity contribution < 1.29 is 4.74 Å². The molecule has 10 aromatic rings. The Balaban J connectivity index is 1.14. The van der Waals surface area contributed by atoms with Crippen molar-refractivity contribution in [3.05, 3.63) is 158 Å². The van der Waals surface area contributed by atoms with Crippen LogP contribution in [-0.4, -0.2) is 24.5 Å². The summed E-state index contributed by atoms with van der Waals surface area (Å²) in [6.07, 6.45) is 3.46. The number of pyridine rings is 2. The number of hydrogen-bond donors (Lipinski definition) is 0. The Bertz CT molecular complexity index is 2970. The van der Waals surface area contributed by atoms with Crippen LogP contribution in [0.5, 0.6) is 11.5 Å². The summed E-state index contributed by atoms with van der Waals surface area (Å²) in [5.74, 6) is 2.25. The molecule has 51 heavy (non-hydrogen) atoms. The number of nitrogens with zero attached hydrogens (tertiary/aromatic N) is 6. The maximum Gasteiger partial charge on any atom is 0.153 e. The van der Waals surface area contributed by atoms with Crippen LogP contribution in [-0.2, 0) is 0 Å². The van der Waals surface area contributed by atoms with Crippen molar-refractivity contribution in [2.45, 2.75) is 0 Å². The maximum atomic E-state index is 6.66. The molecule has 6 aromatic carbocycles. The van der Waals surface area contributed by atoms with Crippen LogP contribution in [0.4, 0.5) is 17.2 Å². The Morgan fingerprint density at radius 2 is 1.08 bits per heavy atom. The minimum absolute atomic E-state index is 0.744. The van der Waals surface area contributed by atoms with Crippen molar-refractivity contribution in [3.63, 3.8) is 0 Å². The molecule has 5 heterocycles. The van der Waals surface area contributed by atoms with Crippen molar-refractivity contribution >= 4 is 71.8 Å². The van der Waals surface area contributed by atoms with Gasteiger partial charge in [-0.2, -0.15) is 0 Å². The summed E-state index contributed by atoms with van der Waals surface area (Å²) < 4.78 is 8.97. The van der Waals surface area contributed by atoms with Crippen LogP contribution < -0.4 is 9.64 Å². The first-order valence-corrected chi connectivity index (χ1v) is 16.9. The Morgan fingerprint density at radius 3 is 1.84 bits per heavy atom. The van der Waals surface area contributed by atoms with Gasteiger partial charge < -0.3 is 9.30 Å². The zero-order chi connectivity index (χ0) is 33.5. The van der Waals surface area contributed by atoms with Gasteiger partial charge in [0.1, 0.15) is 11.3 Å². The lowest BCUT2D eigenvalue weighted by Crippen LogP contribution is -2.17. The lowest BCUT2D eigenvalue weighted by atomic mass is 10.0. The summed E-state index contributed by atoms with van der Waals surface area (Å²) >= 11 is 0. The molecule has 4 aromatic heterocycles. The monoisotopic (exact) mass is 654 g/mol. The van der Waals surface area contributed by atoms with Gasteiger partial charge in [-0.15, -0.1) is 0 Å². The number of hydrogen-bond acceptors (Lipinski definition) is 6. The molecule has 0 unspecified atom stereocenters. The first kappa shape index (κ1) is 27.8. The van der Waals surface area contributed by atoms with Crippen LogP contribution in [0.1, 0.15) is 0 Å². The van der Waals surface area contributed by atoms with E-state index in [1.165, 1.54) is 10.8 Å². The summed E-state index contributed by atoms with van der Waals surface area (Å²) in [4.78, 5) is 22.3. The number of para-hydroxylation sites is 4. The fourth-order valence-electron chi connectivity index (χ4n) is 7.61. The highest BCUT2D eigenvalue weighted by Crippen LogP contribution is 2.51. The molecule has 7 heteroatoms. The maximum absolute atomic E-state index is 6.66. The van der Waals surface area contributed by atoms with Gasteiger partial charge in [-0.1, -0.05) is 78.9 Å². The van der Waals surface area contributed by atoms with Gasteiger partial charge in [-0.3, -0.25) is 14.9 Å². The predicted octanol–water partition coefficient (Wildman–Crippen LogP) is 11.1. The standard InChI is InChI=1S/C44H26N6O/c1-2-10-27(11-3-1)33-21-19-31-41-42(46-25-24-45-41)32-20-23-40(48-44(32)43(31)47-33)50-36-16-8-9-17-38(36)51-39-26-28(18-22-37(39)50)49-34-14-6-4-12-29(34)30-13-5-7-15-35(30)49/h1-26H. The molecule has 0 fully saturated rings. The lowest BCUT2D eigenvalue weighted by Gasteiger charge is -2.32. The molecule has 0 spiro atoms. The Hall–Kier alpha value is -7.12. The van der Waals surface area contributed by atoms with Crippen LogP contribution in [0.3, 0.4) is 0 Å². The number of rotatable bonds is 3. The second-order valence-corrected chi connectivity index (χ2v) is 12.7. The number of fused-ring (bicyclic) bond motifs is 11. The number of benzene rings is 6. The van der Waals surface area contributed by atoms with Crippen LogP contribution in [0.2, 0.25) is 0 Å². The second-order valence-electron chi connectivity index (χ2n) is 12.7. The van der Waals surface area contributed by atoms with Gasteiger partial charge in [0.05, 0.1) is 50.3 Å². The van der Waals surface area contributed by atoms with E-state index < -0.39 is 0 Å². The van der Waals surface area contributed by atoms with E-state index in [2.05, 4.69) is 113 Å². The molecular formula is C44H26N6O. The summed E-state index contributed by atoms with van der Waals surface area (Å²) in [6.45, 7) is 0. The molecule has 11 rings (SSSR count). The normalized spacial score (nSPS) is 12.4. The highest BCUT2D eigenvalue weighted by molar-refractivity contribution is 6.21. The van der Waals surface area contributed by atoms with E-state index >= 15 is 0 Å². The van der Waals surface area contributed by atoms with Crippen molar-refractivity contribution in [2.24, 2.45) is 0 Å². The van der Waals surface area contributed by atoms with Gasteiger partial charge in [0.15, 0.2) is 11.5 Å². The number of aromatic nitrogens is 5. The largest absolute Gasteiger partial charge is 0.453 e. The molecule has 0 amide bonds. The van der Waals surface area contributed by atoms with E-state index in [0.717, 1.165) is 89.5 Å². The van der Waals surface area contributed by atoms with E-state index in [9.17, 15) is 0 Å². The van der Waals surface area contributed by atoms with Gasteiger partial charge in [0, 0.05) is 45.6 Å². The molecule has 1 aliphatic heterocycles. The quantitative estimate of drug-likeness (QED) is 0.177. The van der Waals surface area contributed by atoms with Gasteiger partial charge in [-0.25, -0.2) is 9.97 Å². The third kappa shape index (κ3) is 4.12. The Kier molecular flexibility index (Phi) is 5.83. The molecule has 1 aliphatic rings. The van der Waals surface area contributed by atoms with Gasteiger partial charge >= 0.3 is 0 Å². The van der Waals surface area contributed by atoms with Crippen molar-refractivity contribution in [1.82, 2.24) is 24.5 Å². The molecule has 238 valence electrons. The average molecular weight is 655 g/mol. The van der Waals surface area contributed by atoms with Gasteiger partial charge in [0.2, 0.25) is 0 Å². The molecular weight excluding hydrogens is 629 g/mol. The van der Waals surface area contributed by atoms with Crippen LogP contribution >= 0.6 is 0 Å². The van der Waals surface area contributed by atoms with Crippen molar-refractivity contribution in [3.8, 4) is 28.4 Å². The van der Waals surface area contributed by atoms with E-state index in [4.69, 9.17) is 24.7 Å². The molecule has 0 atom stereocenters. The highest BCUT2D eigenvalue weighted by atomic mass is 16.5. The van der Waals surface area contributed by atoms with Crippen LogP contribution in [0, 0.1) is 0 Å². The van der Waals surface area contributed by atoms with Gasteiger partial charge in [-0.05, 0) is 60.7 Å². The first-order valence-electron chi connectivity index (χ1n) is 16.9. The third-order valence-electron chi connectivity index (χ3n) is 9.86. The summed E-state index contributed by atoms with van der Waals surface area (Å²) in [5.41, 5.74) is 10.2. The topological polar surface area (TPSA) is 69.0 Å². The molecule has 0 saturated heterocycles. The lowest BCUT2D eigenvalue weighted by molar-refractivity contribution is 0.476.